The number of piperazine rings is 2. The number of aromatic amines is 1. The molecule has 14 heteroatoms. The Hall–Kier alpha value is -4.56. The van der Waals surface area contributed by atoms with E-state index in [-0.39, 0.29) is 23.3 Å². The average Bonchev–Trinajstić information content (AvgIpc) is 3.22. The zero-order valence-electron chi connectivity index (χ0n) is 35.0. The second-order valence-electron chi connectivity index (χ2n) is 17.8. The molecule has 6 heterocycles. The van der Waals surface area contributed by atoms with Crippen molar-refractivity contribution in [3.63, 3.8) is 0 Å². The van der Waals surface area contributed by atoms with Gasteiger partial charge in [-0.3, -0.25) is 29.2 Å². The molecule has 3 aromatic heterocycles. The van der Waals surface area contributed by atoms with Gasteiger partial charge >= 0.3 is 6.09 Å². The van der Waals surface area contributed by atoms with Gasteiger partial charge in [0.05, 0.1) is 22.9 Å². The fourth-order valence-corrected chi connectivity index (χ4v) is 9.11. The number of H-pyrrole nitrogens is 1. The summed E-state index contributed by atoms with van der Waals surface area (Å²) in [5, 5.41) is 2.96. The van der Waals surface area contributed by atoms with E-state index in [1.54, 1.807) is 0 Å². The molecule has 314 valence electrons. The highest BCUT2D eigenvalue weighted by molar-refractivity contribution is 5.92. The summed E-state index contributed by atoms with van der Waals surface area (Å²) < 4.78 is 5.54. The van der Waals surface area contributed by atoms with E-state index >= 15 is 0 Å². The second kappa shape index (κ2) is 18.6. The molecule has 3 aromatic rings. The number of likely N-dealkylation sites (tertiary alicyclic amines) is 1. The number of alkyl carbamates (subject to hydrolysis) is 1. The van der Waals surface area contributed by atoms with Gasteiger partial charge in [0.2, 0.25) is 5.91 Å². The topological polar surface area (TPSA) is 147 Å². The first-order chi connectivity index (χ1) is 27.9. The Balaban J connectivity index is 0.827. The number of carbonyl (C=O) groups is 3. The molecular weight excluding hydrogens is 735 g/mol. The zero-order chi connectivity index (χ0) is 40.8. The quantitative estimate of drug-likeness (QED) is 0.297. The minimum Gasteiger partial charge on any atom is -0.444 e. The standard InChI is InChI=1S/C44H63N9O5/c1-5-33-26-37-38(47-40(33)54)25-32(27-45-37)30-50-17-21-51(22-18-50)35-11-12-36(46-28-35)41(55)52-15-13-31(14-16-52)29-49-19-23-53(24-20-49)42(56)39(34-9-7-6-8-10-34)48-43(57)58-44(2,3)4/h11-12,25-28,31,34,39H,5-10,13-24,29-30H2,1-4H3,(H,47,54)(H,48,57)/t39-/m0/s1. The van der Waals surface area contributed by atoms with E-state index in [9.17, 15) is 19.2 Å². The Bertz CT molecular complexity index is 1930. The fourth-order valence-electron chi connectivity index (χ4n) is 9.11. The minimum absolute atomic E-state index is 0.00860. The van der Waals surface area contributed by atoms with Gasteiger partial charge < -0.3 is 29.7 Å². The largest absolute Gasteiger partial charge is 0.444 e. The number of anilines is 1. The van der Waals surface area contributed by atoms with E-state index in [0.717, 1.165) is 132 Å². The number of carbonyl (C=O) groups excluding carboxylic acids is 3. The molecule has 0 unspecified atom stereocenters. The van der Waals surface area contributed by atoms with Crippen LogP contribution in [0.5, 0.6) is 0 Å². The molecule has 0 radical (unpaired) electrons. The van der Waals surface area contributed by atoms with Crippen LogP contribution in [0.4, 0.5) is 10.5 Å². The molecule has 1 aliphatic carbocycles. The SMILES string of the molecule is CCc1cc2ncc(CN3CCN(c4ccc(C(=O)N5CCC(CN6CCN(C(=O)[C@@H](NC(=O)OC(C)(C)C)C7CCCCC7)CC6)CC5)nc4)CC3)cc2[nH]c1=O. The number of aromatic nitrogens is 3. The number of fused-ring (bicyclic) bond motifs is 1. The Kier molecular flexibility index (Phi) is 13.3. The molecule has 3 saturated heterocycles. The Morgan fingerprint density at radius 2 is 1.55 bits per heavy atom. The van der Waals surface area contributed by atoms with Gasteiger partial charge in [0.1, 0.15) is 17.3 Å². The molecule has 2 N–H and O–H groups in total. The van der Waals surface area contributed by atoms with E-state index in [1.165, 1.54) is 6.42 Å². The molecular formula is C44H63N9O5. The summed E-state index contributed by atoms with van der Waals surface area (Å²) in [6.45, 7) is 17.1. The van der Waals surface area contributed by atoms with E-state index in [4.69, 9.17) is 4.74 Å². The van der Waals surface area contributed by atoms with Gasteiger partial charge in [0, 0.05) is 90.3 Å². The zero-order valence-corrected chi connectivity index (χ0v) is 35.0. The number of aryl methyl sites for hydroxylation is 1. The third kappa shape index (κ3) is 10.5. The molecule has 7 rings (SSSR count). The number of hydrogen-bond acceptors (Lipinski definition) is 10. The summed E-state index contributed by atoms with van der Waals surface area (Å²) in [7, 11) is 0. The van der Waals surface area contributed by atoms with Gasteiger partial charge in [-0.25, -0.2) is 9.78 Å². The smallest absolute Gasteiger partial charge is 0.408 e. The van der Waals surface area contributed by atoms with Crippen molar-refractivity contribution in [1.29, 1.82) is 0 Å². The predicted octanol–water partition coefficient (Wildman–Crippen LogP) is 4.67. The Morgan fingerprint density at radius 3 is 2.21 bits per heavy atom. The van der Waals surface area contributed by atoms with Crippen molar-refractivity contribution < 1.29 is 19.1 Å². The molecule has 3 amide bonds. The van der Waals surface area contributed by atoms with Gasteiger partial charge in [-0.1, -0.05) is 26.2 Å². The highest BCUT2D eigenvalue weighted by Crippen LogP contribution is 2.29. The van der Waals surface area contributed by atoms with Crippen LogP contribution in [0.1, 0.15) is 94.3 Å². The van der Waals surface area contributed by atoms with Crippen molar-refractivity contribution in [2.24, 2.45) is 11.8 Å². The average molecular weight is 798 g/mol. The molecule has 1 atom stereocenters. The maximum absolute atomic E-state index is 13.8. The van der Waals surface area contributed by atoms with E-state index < -0.39 is 17.7 Å². The van der Waals surface area contributed by atoms with E-state index in [1.807, 2.05) is 74.2 Å². The van der Waals surface area contributed by atoms with Crippen LogP contribution in [0.15, 0.2) is 41.5 Å². The van der Waals surface area contributed by atoms with Crippen LogP contribution in [0.2, 0.25) is 0 Å². The van der Waals surface area contributed by atoms with E-state index in [0.29, 0.717) is 31.1 Å². The number of nitrogens with one attached hydrogen (secondary N) is 2. The molecule has 14 nitrogen and oxygen atoms in total. The summed E-state index contributed by atoms with van der Waals surface area (Å²) >= 11 is 0. The number of amides is 3. The van der Waals surface area contributed by atoms with Crippen LogP contribution in [-0.2, 0) is 22.5 Å². The monoisotopic (exact) mass is 797 g/mol. The molecule has 0 bridgehead atoms. The lowest BCUT2D eigenvalue weighted by molar-refractivity contribution is -0.137. The molecule has 1 saturated carbocycles. The first-order valence-electron chi connectivity index (χ1n) is 21.7. The van der Waals surface area contributed by atoms with Crippen LogP contribution in [0.25, 0.3) is 11.0 Å². The lowest BCUT2D eigenvalue weighted by Gasteiger charge is -2.41. The van der Waals surface area contributed by atoms with Crippen molar-refractivity contribution in [3.05, 3.63) is 63.8 Å². The van der Waals surface area contributed by atoms with Gasteiger partial charge in [0.25, 0.3) is 11.5 Å². The lowest BCUT2D eigenvalue weighted by Crippen LogP contribution is -2.58. The third-order valence-electron chi connectivity index (χ3n) is 12.5. The third-order valence-corrected chi connectivity index (χ3v) is 12.5. The number of pyridine rings is 3. The minimum atomic E-state index is -0.620. The van der Waals surface area contributed by atoms with Crippen LogP contribution < -0.4 is 15.8 Å². The van der Waals surface area contributed by atoms with Crippen LogP contribution in [0, 0.1) is 11.8 Å². The first-order valence-corrected chi connectivity index (χ1v) is 21.7. The lowest BCUT2D eigenvalue weighted by atomic mass is 9.83. The molecule has 3 aliphatic heterocycles. The highest BCUT2D eigenvalue weighted by atomic mass is 16.6. The van der Waals surface area contributed by atoms with Crippen LogP contribution in [-0.4, -0.2) is 136 Å². The van der Waals surface area contributed by atoms with Crippen molar-refractivity contribution in [3.8, 4) is 0 Å². The second-order valence-corrected chi connectivity index (χ2v) is 17.8. The van der Waals surface area contributed by atoms with Crippen molar-refractivity contribution >= 4 is 34.6 Å². The van der Waals surface area contributed by atoms with Crippen molar-refractivity contribution in [2.45, 2.75) is 97.2 Å². The van der Waals surface area contributed by atoms with E-state index in [2.05, 4.69) is 35.0 Å². The maximum atomic E-state index is 13.8. The fraction of sp³-hybridized carbons (Fsp3) is 0.636. The number of hydrogen-bond donors (Lipinski definition) is 2. The molecule has 58 heavy (non-hydrogen) atoms. The summed E-state index contributed by atoms with van der Waals surface area (Å²) in [5.74, 6) is 0.655. The van der Waals surface area contributed by atoms with Crippen molar-refractivity contribution in [2.75, 3.05) is 76.9 Å². The maximum Gasteiger partial charge on any atom is 0.408 e. The van der Waals surface area contributed by atoms with Gasteiger partial charge in [-0.2, -0.15) is 0 Å². The van der Waals surface area contributed by atoms with Gasteiger partial charge in [-0.15, -0.1) is 0 Å². The number of piperidine rings is 1. The van der Waals surface area contributed by atoms with Gasteiger partial charge in [-0.05, 0) is 94.5 Å². The molecule has 0 aromatic carbocycles. The Labute approximate surface area is 342 Å². The Morgan fingerprint density at radius 1 is 0.845 bits per heavy atom. The summed E-state index contributed by atoms with van der Waals surface area (Å²) in [5.41, 5.74) is 4.27. The number of rotatable bonds is 10. The normalized spacial score (nSPS) is 20.0. The van der Waals surface area contributed by atoms with Crippen LogP contribution in [0.3, 0.4) is 0 Å². The molecule has 0 spiro atoms. The van der Waals surface area contributed by atoms with Crippen LogP contribution >= 0.6 is 0 Å². The molecule has 4 fully saturated rings. The summed E-state index contributed by atoms with van der Waals surface area (Å²) in [4.78, 5) is 75.6. The first kappa shape index (κ1) is 41.6. The molecule has 4 aliphatic rings. The number of ether oxygens (including phenoxy) is 1. The van der Waals surface area contributed by atoms with Gasteiger partial charge in [0.15, 0.2) is 0 Å². The summed E-state index contributed by atoms with van der Waals surface area (Å²) in [6, 6.07) is 7.26. The summed E-state index contributed by atoms with van der Waals surface area (Å²) in [6.07, 6.45) is 11.1. The highest BCUT2D eigenvalue weighted by Gasteiger charge is 2.36. The number of nitrogens with zero attached hydrogens (tertiary/aromatic N) is 7. The predicted molar refractivity (Wildman–Crippen MR) is 225 cm³/mol. The van der Waals surface area contributed by atoms with Crippen molar-refractivity contribution in [1.82, 2.24) is 39.9 Å².